The fourth-order valence-electron chi connectivity index (χ4n) is 1.68. The molecule has 18 heavy (non-hydrogen) atoms. The van der Waals surface area contributed by atoms with Crippen LogP contribution in [0.25, 0.3) is 0 Å². The summed E-state index contributed by atoms with van der Waals surface area (Å²) in [6.45, 7) is 4.04. The van der Waals surface area contributed by atoms with Gasteiger partial charge in [0.1, 0.15) is 0 Å². The van der Waals surface area contributed by atoms with Crippen LogP contribution in [0.3, 0.4) is 0 Å². The van der Waals surface area contributed by atoms with Crippen molar-refractivity contribution in [2.75, 3.05) is 25.6 Å². The minimum absolute atomic E-state index is 0.0401. The number of hydrogen-bond acceptors (Lipinski definition) is 3. The molecule has 4 heteroatoms. The average molecular weight is 250 g/mol. The Balaban J connectivity index is 2.43. The lowest BCUT2D eigenvalue weighted by Gasteiger charge is -2.10. The van der Waals surface area contributed by atoms with Crippen molar-refractivity contribution in [2.45, 2.75) is 26.3 Å². The second kappa shape index (κ2) is 8.66. The topological polar surface area (TPSA) is 50.4 Å². The highest BCUT2D eigenvalue weighted by molar-refractivity contribution is 5.91. The molecule has 1 amide bonds. The van der Waals surface area contributed by atoms with Gasteiger partial charge in [0.25, 0.3) is 0 Å². The molecule has 0 bridgehead atoms. The Morgan fingerprint density at radius 3 is 2.83 bits per heavy atom. The summed E-state index contributed by atoms with van der Waals surface area (Å²) in [5, 5.41) is 6.02. The zero-order chi connectivity index (χ0) is 13.2. The summed E-state index contributed by atoms with van der Waals surface area (Å²) < 4.78 is 5.21. The quantitative estimate of drug-likeness (QED) is 0.695. The predicted molar refractivity (Wildman–Crippen MR) is 73.6 cm³/mol. The highest BCUT2D eigenvalue weighted by Crippen LogP contribution is 2.15. The van der Waals surface area contributed by atoms with Crippen molar-refractivity contribution in [1.82, 2.24) is 5.32 Å². The Labute approximate surface area is 109 Å². The number of benzene rings is 1. The molecule has 2 N–H and O–H groups in total. The number of hydrogen-bond donors (Lipinski definition) is 2. The number of amides is 1. The summed E-state index contributed by atoms with van der Waals surface area (Å²) in [6, 6.07) is 7.83. The lowest BCUT2D eigenvalue weighted by Crippen LogP contribution is -2.15. The van der Waals surface area contributed by atoms with E-state index in [0.717, 1.165) is 24.2 Å². The van der Waals surface area contributed by atoms with Crippen LogP contribution in [-0.4, -0.2) is 26.2 Å². The van der Waals surface area contributed by atoms with Gasteiger partial charge in [-0.25, -0.2) is 0 Å². The van der Waals surface area contributed by atoms with E-state index < -0.39 is 0 Å². The van der Waals surface area contributed by atoms with Gasteiger partial charge in [-0.3, -0.25) is 4.79 Å². The van der Waals surface area contributed by atoms with Crippen LogP contribution in [0.2, 0.25) is 0 Å². The lowest BCUT2D eigenvalue weighted by atomic mass is 10.1. The smallest absolute Gasteiger partial charge is 0.224 e. The molecule has 4 nitrogen and oxygen atoms in total. The van der Waals surface area contributed by atoms with Gasteiger partial charge >= 0.3 is 0 Å². The summed E-state index contributed by atoms with van der Waals surface area (Å²) in [5.74, 6) is 0.0401. The second-order valence-corrected chi connectivity index (χ2v) is 4.04. The Morgan fingerprint density at radius 1 is 1.33 bits per heavy atom. The van der Waals surface area contributed by atoms with Crippen LogP contribution < -0.4 is 10.6 Å². The Hall–Kier alpha value is -1.39. The third-order valence-electron chi connectivity index (χ3n) is 2.56. The molecule has 0 saturated heterocycles. The summed E-state index contributed by atoms with van der Waals surface area (Å²) in [6.07, 6.45) is 1.25. The zero-order valence-electron chi connectivity index (χ0n) is 11.2. The highest BCUT2D eigenvalue weighted by Gasteiger charge is 2.05. The van der Waals surface area contributed by atoms with Gasteiger partial charge in [0.15, 0.2) is 0 Å². The molecule has 1 aromatic carbocycles. The molecule has 1 aromatic rings. The van der Waals surface area contributed by atoms with E-state index >= 15 is 0 Å². The summed E-state index contributed by atoms with van der Waals surface area (Å²) in [5.41, 5.74) is 1.98. The maximum atomic E-state index is 11.7. The Kier molecular flexibility index (Phi) is 7.06. The van der Waals surface area contributed by atoms with Crippen LogP contribution >= 0.6 is 0 Å². The molecule has 0 unspecified atom stereocenters. The number of ether oxygens (including phenoxy) is 1. The molecular weight excluding hydrogens is 228 g/mol. The first-order chi connectivity index (χ1) is 8.77. The molecule has 0 fully saturated rings. The molecule has 1 rings (SSSR count). The summed E-state index contributed by atoms with van der Waals surface area (Å²) in [7, 11) is 1.89. The summed E-state index contributed by atoms with van der Waals surface area (Å²) >= 11 is 0. The van der Waals surface area contributed by atoms with Crippen LogP contribution in [0.4, 0.5) is 5.69 Å². The first-order valence-corrected chi connectivity index (χ1v) is 6.38. The van der Waals surface area contributed by atoms with E-state index in [1.54, 1.807) is 0 Å². The maximum absolute atomic E-state index is 11.7. The van der Waals surface area contributed by atoms with Crippen molar-refractivity contribution in [2.24, 2.45) is 0 Å². The van der Waals surface area contributed by atoms with Gasteiger partial charge < -0.3 is 15.4 Å². The van der Waals surface area contributed by atoms with E-state index in [1.165, 1.54) is 0 Å². The molecular formula is C14H22N2O2. The van der Waals surface area contributed by atoms with E-state index in [4.69, 9.17) is 4.74 Å². The SMILES string of the molecule is CCOCCCC(=O)Nc1ccccc1CNC. The number of rotatable bonds is 8. The van der Waals surface area contributed by atoms with Gasteiger partial charge in [0.05, 0.1) is 0 Å². The lowest BCUT2D eigenvalue weighted by molar-refractivity contribution is -0.116. The molecule has 0 saturated carbocycles. The van der Waals surface area contributed by atoms with Crippen LogP contribution in [0.5, 0.6) is 0 Å². The van der Waals surface area contributed by atoms with Gasteiger partial charge in [-0.2, -0.15) is 0 Å². The van der Waals surface area contributed by atoms with Crippen molar-refractivity contribution in [3.63, 3.8) is 0 Å². The van der Waals surface area contributed by atoms with Crippen molar-refractivity contribution < 1.29 is 9.53 Å². The standard InChI is InChI=1S/C14H22N2O2/c1-3-18-10-6-9-14(17)16-13-8-5-4-7-12(13)11-15-2/h4-5,7-8,15H,3,6,9-11H2,1-2H3,(H,16,17). The highest BCUT2D eigenvalue weighted by atomic mass is 16.5. The van der Waals surface area contributed by atoms with E-state index in [1.807, 2.05) is 38.2 Å². The van der Waals surface area contributed by atoms with Crippen molar-refractivity contribution in [3.05, 3.63) is 29.8 Å². The van der Waals surface area contributed by atoms with Crippen LogP contribution in [0, 0.1) is 0 Å². The number of carbonyl (C=O) groups is 1. The number of carbonyl (C=O) groups excluding carboxylic acids is 1. The molecule has 0 spiro atoms. The third-order valence-corrected chi connectivity index (χ3v) is 2.56. The average Bonchev–Trinajstić information content (AvgIpc) is 2.37. The van der Waals surface area contributed by atoms with Crippen LogP contribution in [0.1, 0.15) is 25.3 Å². The normalized spacial score (nSPS) is 10.3. The first kappa shape index (κ1) is 14.7. The fraction of sp³-hybridized carbons (Fsp3) is 0.500. The predicted octanol–water partition coefficient (Wildman–Crippen LogP) is 2.16. The molecule has 100 valence electrons. The van der Waals surface area contributed by atoms with E-state index in [0.29, 0.717) is 19.6 Å². The Morgan fingerprint density at radius 2 is 2.11 bits per heavy atom. The van der Waals surface area contributed by atoms with Crippen molar-refractivity contribution in [1.29, 1.82) is 0 Å². The number of nitrogens with one attached hydrogen (secondary N) is 2. The second-order valence-electron chi connectivity index (χ2n) is 4.04. The minimum Gasteiger partial charge on any atom is -0.382 e. The molecule has 0 aromatic heterocycles. The molecule has 0 atom stereocenters. The van der Waals surface area contributed by atoms with Crippen molar-refractivity contribution in [3.8, 4) is 0 Å². The van der Waals surface area contributed by atoms with Gasteiger partial charge in [-0.05, 0) is 32.0 Å². The molecule has 0 aliphatic heterocycles. The third kappa shape index (κ3) is 5.29. The van der Waals surface area contributed by atoms with Crippen LogP contribution in [-0.2, 0) is 16.1 Å². The van der Waals surface area contributed by atoms with Gasteiger partial charge in [0, 0.05) is 31.9 Å². The Bertz CT molecular complexity index is 367. The monoisotopic (exact) mass is 250 g/mol. The first-order valence-electron chi connectivity index (χ1n) is 6.38. The van der Waals surface area contributed by atoms with Crippen LogP contribution in [0.15, 0.2) is 24.3 Å². The van der Waals surface area contributed by atoms with E-state index in [9.17, 15) is 4.79 Å². The van der Waals surface area contributed by atoms with Gasteiger partial charge in [0.2, 0.25) is 5.91 Å². The zero-order valence-corrected chi connectivity index (χ0v) is 11.2. The number of para-hydroxylation sites is 1. The number of anilines is 1. The maximum Gasteiger partial charge on any atom is 0.224 e. The molecule has 0 radical (unpaired) electrons. The van der Waals surface area contributed by atoms with Gasteiger partial charge in [-0.1, -0.05) is 18.2 Å². The summed E-state index contributed by atoms with van der Waals surface area (Å²) in [4.78, 5) is 11.7. The van der Waals surface area contributed by atoms with Gasteiger partial charge in [-0.15, -0.1) is 0 Å². The molecule has 0 aliphatic rings. The molecule has 0 heterocycles. The minimum atomic E-state index is 0.0401. The molecule has 0 aliphatic carbocycles. The van der Waals surface area contributed by atoms with Crippen molar-refractivity contribution >= 4 is 11.6 Å². The van der Waals surface area contributed by atoms with E-state index in [2.05, 4.69) is 10.6 Å². The fourth-order valence-corrected chi connectivity index (χ4v) is 1.68. The van der Waals surface area contributed by atoms with E-state index in [-0.39, 0.29) is 5.91 Å². The largest absolute Gasteiger partial charge is 0.382 e.